The van der Waals surface area contributed by atoms with Crippen LogP contribution >= 0.6 is 7.60 Å². The summed E-state index contributed by atoms with van der Waals surface area (Å²) in [4.78, 5) is 39.9. The van der Waals surface area contributed by atoms with Gasteiger partial charge in [0, 0.05) is 0 Å². The molecule has 3 unspecified atom stereocenters. The van der Waals surface area contributed by atoms with Gasteiger partial charge in [-0.25, -0.2) is 0 Å². The van der Waals surface area contributed by atoms with Gasteiger partial charge in [0.2, 0.25) is 0 Å². The van der Waals surface area contributed by atoms with E-state index in [1.807, 2.05) is 0 Å². The molecule has 98 valence electrons. The number of carbonyl (C=O) groups is 2. The van der Waals surface area contributed by atoms with E-state index < -0.39 is 37.0 Å². The molecule has 0 saturated carbocycles. The van der Waals surface area contributed by atoms with E-state index in [-0.39, 0.29) is 6.54 Å². The molecule has 0 radical (unpaired) electrons. The molecule has 5 N–H and O–H groups in total. The quantitative estimate of drug-likeness (QED) is 0.396. The molecule has 0 bridgehead atoms. The molecule has 0 amide bonds. The zero-order chi connectivity index (χ0) is 13.2. The van der Waals surface area contributed by atoms with Crippen molar-refractivity contribution in [2.75, 3.05) is 13.1 Å². The summed E-state index contributed by atoms with van der Waals surface area (Å²) in [6.07, 6.45) is 0.390. The number of nitrogens with one attached hydrogen (secondary N) is 1. The molecule has 9 heteroatoms. The monoisotopic (exact) mass is 267 g/mol. The first kappa shape index (κ1) is 14.1. The Hall–Kier alpha value is -0.950. The molecule has 17 heavy (non-hydrogen) atoms. The van der Waals surface area contributed by atoms with Crippen LogP contribution in [-0.4, -0.2) is 50.7 Å². The Labute approximate surface area is 96.8 Å². The first-order valence-electron chi connectivity index (χ1n) is 4.96. The highest BCUT2D eigenvalue weighted by atomic mass is 31.2. The second-order valence-corrected chi connectivity index (χ2v) is 5.72. The predicted octanol–water partition coefficient (Wildman–Crippen LogP) is -1.07. The van der Waals surface area contributed by atoms with Gasteiger partial charge in [-0.2, -0.15) is 0 Å². The van der Waals surface area contributed by atoms with Gasteiger partial charge in [-0.15, -0.1) is 0 Å². The summed E-state index contributed by atoms with van der Waals surface area (Å²) >= 11 is 0. The minimum absolute atomic E-state index is 0.251. The van der Waals surface area contributed by atoms with Crippen LogP contribution in [0.2, 0.25) is 0 Å². The van der Waals surface area contributed by atoms with Gasteiger partial charge in [0.05, 0.1) is 5.92 Å². The highest BCUT2D eigenvalue weighted by Gasteiger charge is 2.49. The first-order chi connectivity index (χ1) is 7.75. The van der Waals surface area contributed by atoms with Gasteiger partial charge in [-0.05, 0) is 25.4 Å². The molecule has 8 nitrogen and oxygen atoms in total. The van der Waals surface area contributed by atoms with Crippen LogP contribution in [0.5, 0.6) is 0 Å². The number of rotatable bonds is 5. The summed E-state index contributed by atoms with van der Waals surface area (Å²) in [7, 11) is -5.00. The topological polar surface area (TPSA) is 144 Å². The Morgan fingerprint density at radius 1 is 1.24 bits per heavy atom. The summed E-state index contributed by atoms with van der Waals surface area (Å²) in [5, 5.41) is 20.6. The van der Waals surface area contributed by atoms with Gasteiger partial charge in [0.15, 0.2) is 5.66 Å². The fraction of sp³-hybridized carbons (Fsp3) is 0.750. The molecule has 1 saturated heterocycles. The Balaban J connectivity index is 3.05. The summed E-state index contributed by atoms with van der Waals surface area (Å²) < 4.78 is 11.1. The standard InChI is InChI=1S/C8H14NO7P/c10-7(11)5(4-1-2-9-3-4)6(8(12)13)17(14,15)16/h4-6,9H,1-3H2,(H,10,11)(H,12,13)(H2,14,15,16). The maximum absolute atomic E-state index is 11.1. The molecule has 1 aliphatic heterocycles. The van der Waals surface area contributed by atoms with E-state index >= 15 is 0 Å². The fourth-order valence-electron chi connectivity index (χ4n) is 2.08. The normalized spacial score (nSPS) is 24.2. The van der Waals surface area contributed by atoms with Crippen molar-refractivity contribution in [3.05, 3.63) is 0 Å². The maximum Gasteiger partial charge on any atom is 0.340 e. The summed E-state index contributed by atoms with van der Waals surface area (Å²) in [6.45, 7) is 0.767. The van der Waals surface area contributed by atoms with Crippen LogP contribution in [0.4, 0.5) is 0 Å². The number of carboxylic acid groups (broad SMARTS) is 2. The van der Waals surface area contributed by atoms with E-state index in [0.717, 1.165) is 0 Å². The fourth-order valence-corrected chi connectivity index (χ4v) is 3.16. The lowest BCUT2D eigenvalue weighted by Gasteiger charge is -2.25. The van der Waals surface area contributed by atoms with Crippen LogP contribution in [0.3, 0.4) is 0 Å². The molecule has 0 aliphatic carbocycles. The van der Waals surface area contributed by atoms with Gasteiger partial charge in [0.1, 0.15) is 0 Å². The van der Waals surface area contributed by atoms with Crippen molar-refractivity contribution in [3.8, 4) is 0 Å². The number of carboxylic acids is 2. The lowest BCUT2D eigenvalue weighted by Crippen LogP contribution is -2.40. The number of hydrogen-bond acceptors (Lipinski definition) is 4. The highest BCUT2D eigenvalue weighted by Crippen LogP contribution is 2.47. The molecule has 1 fully saturated rings. The van der Waals surface area contributed by atoms with Crippen molar-refractivity contribution in [1.29, 1.82) is 0 Å². The second kappa shape index (κ2) is 5.14. The Morgan fingerprint density at radius 3 is 2.12 bits per heavy atom. The van der Waals surface area contributed by atoms with Crippen molar-refractivity contribution in [3.63, 3.8) is 0 Å². The molecule has 0 aromatic heterocycles. The zero-order valence-electron chi connectivity index (χ0n) is 8.81. The van der Waals surface area contributed by atoms with E-state index in [4.69, 9.17) is 20.0 Å². The number of aliphatic carboxylic acids is 2. The van der Waals surface area contributed by atoms with Crippen LogP contribution in [0, 0.1) is 11.8 Å². The highest BCUT2D eigenvalue weighted by molar-refractivity contribution is 7.53. The zero-order valence-corrected chi connectivity index (χ0v) is 9.71. The van der Waals surface area contributed by atoms with E-state index in [2.05, 4.69) is 5.32 Å². The van der Waals surface area contributed by atoms with Crippen LogP contribution < -0.4 is 5.32 Å². The summed E-state index contributed by atoms with van der Waals surface area (Å²) in [5.41, 5.74) is -2.19. The lowest BCUT2D eigenvalue weighted by atomic mass is 9.88. The van der Waals surface area contributed by atoms with Gasteiger partial charge >= 0.3 is 19.5 Å². The molecule has 1 heterocycles. The molecular formula is C8H14NO7P. The smallest absolute Gasteiger partial charge is 0.340 e. The molecule has 3 atom stereocenters. The minimum Gasteiger partial charge on any atom is -0.481 e. The van der Waals surface area contributed by atoms with Crippen LogP contribution in [0.15, 0.2) is 0 Å². The minimum atomic E-state index is -5.00. The second-order valence-electron chi connectivity index (χ2n) is 3.99. The Kier molecular flexibility index (Phi) is 4.26. The van der Waals surface area contributed by atoms with E-state index in [1.54, 1.807) is 0 Å². The average molecular weight is 267 g/mol. The average Bonchev–Trinajstić information content (AvgIpc) is 2.62. The summed E-state index contributed by atoms with van der Waals surface area (Å²) in [5.74, 6) is -5.43. The molecule has 0 aromatic carbocycles. The van der Waals surface area contributed by atoms with Gasteiger partial charge < -0.3 is 25.3 Å². The van der Waals surface area contributed by atoms with Crippen molar-refractivity contribution in [2.45, 2.75) is 12.1 Å². The largest absolute Gasteiger partial charge is 0.481 e. The van der Waals surface area contributed by atoms with Crippen LogP contribution in [0.25, 0.3) is 0 Å². The Morgan fingerprint density at radius 2 is 1.82 bits per heavy atom. The molecule has 0 spiro atoms. The van der Waals surface area contributed by atoms with Gasteiger partial charge in [0.25, 0.3) is 0 Å². The summed E-state index contributed by atoms with van der Waals surface area (Å²) in [6, 6.07) is 0. The van der Waals surface area contributed by atoms with E-state index in [1.165, 1.54) is 0 Å². The van der Waals surface area contributed by atoms with Crippen molar-refractivity contribution < 1.29 is 34.2 Å². The third-order valence-corrected chi connectivity index (χ3v) is 4.11. The van der Waals surface area contributed by atoms with Crippen molar-refractivity contribution in [2.24, 2.45) is 11.8 Å². The predicted molar refractivity (Wildman–Crippen MR) is 55.6 cm³/mol. The maximum atomic E-state index is 11.1. The lowest BCUT2D eigenvalue weighted by molar-refractivity contribution is -0.150. The first-order valence-corrected chi connectivity index (χ1v) is 6.65. The molecule has 1 aliphatic rings. The van der Waals surface area contributed by atoms with Crippen LogP contribution in [-0.2, 0) is 14.2 Å². The molecular weight excluding hydrogens is 253 g/mol. The number of hydrogen-bond donors (Lipinski definition) is 5. The van der Waals surface area contributed by atoms with Crippen LogP contribution in [0.1, 0.15) is 6.42 Å². The molecule has 0 aromatic rings. The third kappa shape index (κ3) is 3.26. The van der Waals surface area contributed by atoms with Crippen molar-refractivity contribution in [1.82, 2.24) is 5.32 Å². The van der Waals surface area contributed by atoms with E-state index in [0.29, 0.717) is 13.0 Å². The third-order valence-electron chi connectivity index (χ3n) is 2.85. The molecule has 1 rings (SSSR count). The van der Waals surface area contributed by atoms with Gasteiger partial charge in [-0.1, -0.05) is 0 Å². The SMILES string of the molecule is O=C(O)C(C1CCNC1)C(C(=O)O)P(=O)(O)O. The van der Waals surface area contributed by atoms with Gasteiger partial charge in [-0.3, -0.25) is 14.2 Å². The van der Waals surface area contributed by atoms with E-state index in [9.17, 15) is 14.2 Å². The Bertz CT molecular complexity index is 359. The van der Waals surface area contributed by atoms with Crippen molar-refractivity contribution >= 4 is 19.5 Å².